The standard InChI is InChI=1S/C5H7NO2/c7-5-6-3-1-2-4(3)8-5/h3-4H,1-2H2,(H,6,7)/t3-,4-/m1/s1. The van der Waals surface area contributed by atoms with Gasteiger partial charge in [-0.3, -0.25) is 0 Å². The number of nitrogens with one attached hydrogen (secondary N) is 1. The summed E-state index contributed by atoms with van der Waals surface area (Å²) in [6, 6.07) is 0.350. The molecule has 0 bridgehead atoms. The van der Waals surface area contributed by atoms with E-state index < -0.39 is 0 Å². The number of carbonyl (C=O) groups is 1. The Morgan fingerprint density at radius 2 is 2.50 bits per heavy atom. The van der Waals surface area contributed by atoms with Crippen molar-refractivity contribution in [3.63, 3.8) is 0 Å². The van der Waals surface area contributed by atoms with E-state index in [0.29, 0.717) is 6.04 Å². The Labute approximate surface area is 47.0 Å². The van der Waals surface area contributed by atoms with Crippen LogP contribution in [0, 0.1) is 0 Å². The third-order valence-electron chi connectivity index (χ3n) is 1.77. The van der Waals surface area contributed by atoms with Crippen LogP contribution >= 0.6 is 0 Å². The van der Waals surface area contributed by atoms with Crippen molar-refractivity contribution in [3.05, 3.63) is 0 Å². The molecule has 2 atom stereocenters. The van der Waals surface area contributed by atoms with Crippen LogP contribution < -0.4 is 5.32 Å². The average molecular weight is 113 g/mol. The lowest BCUT2D eigenvalue weighted by molar-refractivity contribution is 0.0896. The Kier molecular flexibility index (Phi) is 0.604. The Morgan fingerprint density at radius 1 is 1.62 bits per heavy atom. The highest BCUT2D eigenvalue weighted by molar-refractivity contribution is 5.70. The fourth-order valence-electron chi connectivity index (χ4n) is 1.10. The summed E-state index contributed by atoms with van der Waals surface area (Å²) in [5, 5.41) is 2.69. The van der Waals surface area contributed by atoms with Gasteiger partial charge in [-0.05, 0) is 12.8 Å². The molecule has 1 saturated carbocycles. The molecule has 0 unspecified atom stereocenters. The van der Waals surface area contributed by atoms with Gasteiger partial charge in [-0.1, -0.05) is 0 Å². The minimum Gasteiger partial charge on any atom is -0.444 e. The van der Waals surface area contributed by atoms with Crippen LogP contribution in [0.1, 0.15) is 12.8 Å². The predicted octanol–water partition coefficient (Wildman–Crippen LogP) is 0.257. The van der Waals surface area contributed by atoms with Crippen LogP contribution in [0.3, 0.4) is 0 Å². The maximum Gasteiger partial charge on any atom is 0.407 e. The molecule has 0 radical (unpaired) electrons. The first kappa shape index (κ1) is 4.18. The van der Waals surface area contributed by atoms with Gasteiger partial charge in [0.2, 0.25) is 0 Å². The van der Waals surface area contributed by atoms with Crippen LogP contribution in [0.5, 0.6) is 0 Å². The molecule has 1 aliphatic carbocycles. The molecule has 3 heteroatoms. The van der Waals surface area contributed by atoms with Gasteiger partial charge in [-0.2, -0.15) is 0 Å². The van der Waals surface area contributed by atoms with E-state index in [1.54, 1.807) is 0 Å². The first-order chi connectivity index (χ1) is 3.86. The van der Waals surface area contributed by atoms with Gasteiger partial charge in [-0.15, -0.1) is 0 Å². The molecule has 8 heavy (non-hydrogen) atoms. The molecule has 1 N–H and O–H groups in total. The van der Waals surface area contributed by atoms with Crippen LogP contribution in [0.25, 0.3) is 0 Å². The maximum atomic E-state index is 10.4. The van der Waals surface area contributed by atoms with Gasteiger partial charge in [0.1, 0.15) is 6.10 Å². The summed E-state index contributed by atoms with van der Waals surface area (Å²) in [6.07, 6.45) is 2.11. The number of hydrogen-bond donors (Lipinski definition) is 1. The zero-order chi connectivity index (χ0) is 5.56. The number of amides is 1. The molecule has 0 aromatic heterocycles. The van der Waals surface area contributed by atoms with Crippen LogP contribution in [-0.4, -0.2) is 18.2 Å². The van der Waals surface area contributed by atoms with E-state index in [4.69, 9.17) is 4.74 Å². The summed E-state index contributed by atoms with van der Waals surface area (Å²) in [4.78, 5) is 10.4. The Hall–Kier alpha value is -0.730. The van der Waals surface area contributed by atoms with Crippen LogP contribution in [-0.2, 0) is 4.74 Å². The third kappa shape index (κ3) is 0.363. The summed E-state index contributed by atoms with van der Waals surface area (Å²) in [5.41, 5.74) is 0. The lowest BCUT2D eigenvalue weighted by Gasteiger charge is -2.25. The van der Waals surface area contributed by atoms with Gasteiger partial charge in [0.15, 0.2) is 0 Å². The average Bonchev–Trinajstić information content (AvgIpc) is 1.91. The molecule has 2 rings (SSSR count). The van der Waals surface area contributed by atoms with E-state index in [0.717, 1.165) is 12.8 Å². The molecule has 0 aromatic rings. The number of ether oxygens (including phenoxy) is 1. The molecule has 0 aromatic carbocycles. The van der Waals surface area contributed by atoms with E-state index in [2.05, 4.69) is 5.32 Å². The highest BCUT2D eigenvalue weighted by atomic mass is 16.6. The van der Waals surface area contributed by atoms with Gasteiger partial charge in [0.05, 0.1) is 6.04 Å². The second kappa shape index (κ2) is 1.16. The van der Waals surface area contributed by atoms with Crippen molar-refractivity contribution >= 4 is 6.09 Å². The minimum atomic E-state index is -0.238. The largest absolute Gasteiger partial charge is 0.444 e. The van der Waals surface area contributed by atoms with Crippen molar-refractivity contribution in [2.45, 2.75) is 25.0 Å². The Bertz CT molecular complexity index is 120. The quantitative estimate of drug-likeness (QED) is 0.489. The maximum absolute atomic E-state index is 10.4. The van der Waals surface area contributed by atoms with Crippen LogP contribution in [0.2, 0.25) is 0 Å². The van der Waals surface area contributed by atoms with Crippen molar-refractivity contribution in [3.8, 4) is 0 Å². The minimum absolute atomic E-state index is 0.211. The van der Waals surface area contributed by atoms with E-state index in [1.807, 2.05) is 0 Å². The summed E-state index contributed by atoms with van der Waals surface area (Å²) >= 11 is 0. The molecule has 2 aliphatic rings. The van der Waals surface area contributed by atoms with Crippen molar-refractivity contribution in [2.75, 3.05) is 0 Å². The fourth-order valence-corrected chi connectivity index (χ4v) is 1.10. The van der Waals surface area contributed by atoms with Gasteiger partial charge < -0.3 is 10.1 Å². The summed E-state index contributed by atoms with van der Waals surface area (Å²) in [5.74, 6) is 0. The highest BCUT2D eigenvalue weighted by Gasteiger charge is 2.40. The second-order valence-electron chi connectivity index (χ2n) is 2.27. The molecule has 44 valence electrons. The Balaban J connectivity index is 2.10. The number of rotatable bonds is 0. The lowest BCUT2D eigenvalue weighted by atomic mass is 9.90. The van der Waals surface area contributed by atoms with E-state index in [1.165, 1.54) is 0 Å². The molecule has 1 saturated heterocycles. The van der Waals surface area contributed by atoms with Gasteiger partial charge in [-0.25, -0.2) is 4.79 Å². The van der Waals surface area contributed by atoms with Crippen LogP contribution in [0.4, 0.5) is 4.79 Å². The second-order valence-corrected chi connectivity index (χ2v) is 2.27. The van der Waals surface area contributed by atoms with Crippen molar-refractivity contribution < 1.29 is 9.53 Å². The van der Waals surface area contributed by atoms with E-state index >= 15 is 0 Å². The zero-order valence-corrected chi connectivity index (χ0v) is 4.39. The van der Waals surface area contributed by atoms with Crippen molar-refractivity contribution in [1.82, 2.24) is 5.32 Å². The SMILES string of the molecule is O=C1N[C@@H]2CC[C@H]2O1. The molecule has 1 heterocycles. The van der Waals surface area contributed by atoms with E-state index in [-0.39, 0.29) is 12.2 Å². The number of hydrogen-bond acceptors (Lipinski definition) is 2. The van der Waals surface area contributed by atoms with Crippen molar-refractivity contribution in [2.24, 2.45) is 0 Å². The monoisotopic (exact) mass is 113 g/mol. The molecular weight excluding hydrogens is 106 g/mol. The first-order valence-electron chi connectivity index (χ1n) is 2.83. The molecular formula is C5H7NO2. The number of carbonyl (C=O) groups excluding carboxylic acids is 1. The highest BCUT2D eigenvalue weighted by Crippen LogP contribution is 2.27. The van der Waals surface area contributed by atoms with E-state index in [9.17, 15) is 4.79 Å². The van der Waals surface area contributed by atoms with Gasteiger partial charge in [0, 0.05) is 0 Å². The van der Waals surface area contributed by atoms with Gasteiger partial charge >= 0.3 is 6.09 Å². The zero-order valence-electron chi connectivity index (χ0n) is 4.39. The Morgan fingerprint density at radius 3 is 2.75 bits per heavy atom. The lowest BCUT2D eigenvalue weighted by Crippen LogP contribution is -2.40. The normalized spacial score (nSPS) is 41.8. The predicted molar refractivity (Wildman–Crippen MR) is 26.4 cm³/mol. The number of fused-ring (bicyclic) bond motifs is 1. The van der Waals surface area contributed by atoms with Crippen LogP contribution in [0.15, 0.2) is 0 Å². The molecule has 0 spiro atoms. The molecule has 2 fully saturated rings. The van der Waals surface area contributed by atoms with Crippen molar-refractivity contribution in [1.29, 1.82) is 0 Å². The first-order valence-corrected chi connectivity index (χ1v) is 2.83. The molecule has 3 nitrogen and oxygen atoms in total. The molecule has 1 aliphatic heterocycles. The summed E-state index contributed by atoms with van der Waals surface area (Å²) in [6.45, 7) is 0. The topological polar surface area (TPSA) is 38.3 Å². The smallest absolute Gasteiger partial charge is 0.407 e. The fraction of sp³-hybridized carbons (Fsp3) is 0.800. The number of alkyl carbamates (subject to hydrolysis) is 1. The summed E-state index contributed by atoms with van der Waals surface area (Å²) in [7, 11) is 0. The van der Waals surface area contributed by atoms with Gasteiger partial charge in [0.25, 0.3) is 0 Å². The molecule has 1 amide bonds. The third-order valence-corrected chi connectivity index (χ3v) is 1.77. The summed E-state index contributed by atoms with van der Waals surface area (Å²) < 4.78 is 4.81.